The van der Waals surface area contributed by atoms with Gasteiger partial charge in [-0.3, -0.25) is 0 Å². The Hall–Kier alpha value is -0.950. The molecule has 1 fully saturated rings. The Labute approximate surface area is 204 Å². The highest BCUT2D eigenvalue weighted by Gasteiger charge is 2.29. The van der Waals surface area contributed by atoms with Crippen molar-refractivity contribution in [2.75, 3.05) is 59.5 Å². The summed E-state index contributed by atoms with van der Waals surface area (Å²) in [5, 5.41) is 6.54. The molecule has 1 heterocycles. The van der Waals surface area contributed by atoms with Crippen LogP contribution in [0, 0.1) is 0 Å². The molecule has 0 amide bonds. The largest absolute Gasteiger partial charge is 0.382 e. The topological polar surface area (TPSA) is 86.3 Å². The number of nitrogens with zero attached hydrogens (tertiary/aromatic N) is 3. The summed E-state index contributed by atoms with van der Waals surface area (Å²) >= 11 is 0. The number of aliphatic imine (C=N–C) groups is 1. The lowest BCUT2D eigenvalue weighted by Crippen LogP contribution is -2.47. The van der Waals surface area contributed by atoms with Crippen LogP contribution in [0.4, 0.5) is 0 Å². The zero-order chi connectivity index (χ0) is 21.8. The number of piperazine rings is 1. The summed E-state index contributed by atoms with van der Waals surface area (Å²) in [4.78, 5) is 7.12. The van der Waals surface area contributed by atoms with E-state index >= 15 is 0 Å². The highest BCUT2D eigenvalue weighted by molar-refractivity contribution is 14.0. The fraction of sp³-hybridized carbons (Fsp3) is 0.667. The minimum atomic E-state index is -3.52. The molecule has 0 atom stereocenters. The van der Waals surface area contributed by atoms with E-state index in [1.807, 2.05) is 33.0 Å². The maximum Gasteiger partial charge on any atom is 0.243 e. The van der Waals surface area contributed by atoms with Gasteiger partial charge >= 0.3 is 0 Å². The molecule has 2 N–H and O–H groups in total. The van der Waals surface area contributed by atoms with E-state index in [2.05, 4.69) is 20.5 Å². The lowest BCUT2D eigenvalue weighted by atomic mass is 10.2. The van der Waals surface area contributed by atoms with Crippen molar-refractivity contribution in [2.24, 2.45) is 4.99 Å². The molecule has 0 bridgehead atoms. The molecule has 1 saturated heterocycles. The number of ether oxygens (including phenoxy) is 1. The smallest absolute Gasteiger partial charge is 0.243 e. The van der Waals surface area contributed by atoms with Gasteiger partial charge in [0.2, 0.25) is 10.0 Å². The summed E-state index contributed by atoms with van der Waals surface area (Å²) in [6.07, 6.45) is 1.98. The van der Waals surface area contributed by atoms with Crippen molar-refractivity contribution in [3.05, 3.63) is 29.8 Å². The molecule has 1 aliphatic rings. The predicted octanol–water partition coefficient (Wildman–Crippen LogP) is 2.11. The molecular weight excluding hydrogens is 529 g/mol. The molecule has 31 heavy (non-hydrogen) atoms. The van der Waals surface area contributed by atoms with E-state index in [0.717, 1.165) is 52.2 Å². The Bertz CT molecular complexity index is 768. The number of unbranched alkanes of at least 4 members (excludes halogenated alkanes) is 1. The standard InChI is InChI=1S/C21H37N5O3S.HI/c1-4-22-21(23-12-8-9-17-29-5-2)24-18-19-10-6-7-11-20(19)30(27,28)26-15-13-25(3)14-16-26;/h6-7,10-11H,4-5,8-9,12-18H2,1-3H3,(H2,22,23,24);1H. The number of benzene rings is 1. The maximum atomic E-state index is 13.2. The van der Waals surface area contributed by atoms with Crippen LogP contribution in [0.5, 0.6) is 0 Å². The molecule has 0 aromatic heterocycles. The molecule has 10 heteroatoms. The van der Waals surface area contributed by atoms with E-state index < -0.39 is 10.0 Å². The first-order valence-corrected chi connectivity index (χ1v) is 12.3. The number of hydrogen-bond donors (Lipinski definition) is 2. The molecular formula is C21H38IN5O3S. The van der Waals surface area contributed by atoms with Crippen LogP contribution < -0.4 is 10.6 Å². The summed E-state index contributed by atoms with van der Waals surface area (Å²) in [6.45, 7) is 9.88. The average molecular weight is 568 g/mol. The molecule has 0 spiro atoms. The molecule has 0 unspecified atom stereocenters. The highest BCUT2D eigenvalue weighted by atomic mass is 127. The minimum absolute atomic E-state index is 0. The van der Waals surface area contributed by atoms with Gasteiger partial charge in [-0.05, 0) is 45.4 Å². The monoisotopic (exact) mass is 567 g/mol. The second-order valence-electron chi connectivity index (χ2n) is 7.34. The maximum absolute atomic E-state index is 13.2. The summed E-state index contributed by atoms with van der Waals surface area (Å²) in [5.74, 6) is 0.695. The van der Waals surface area contributed by atoms with Gasteiger partial charge in [0.15, 0.2) is 5.96 Å². The zero-order valence-corrected chi connectivity index (χ0v) is 22.1. The van der Waals surface area contributed by atoms with Crippen LogP contribution in [-0.2, 0) is 21.3 Å². The Balaban J connectivity index is 0.00000480. The van der Waals surface area contributed by atoms with Crippen molar-refractivity contribution in [1.82, 2.24) is 19.8 Å². The van der Waals surface area contributed by atoms with Crippen LogP contribution in [-0.4, -0.2) is 83.1 Å². The van der Waals surface area contributed by atoms with Crippen LogP contribution in [0.25, 0.3) is 0 Å². The summed E-state index contributed by atoms with van der Waals surface area (Å²) in [5.41, 5.74) is 0.713. The van der Waals surface area contributed by atoms with Gasteiger partial charge in [-0.1, -0.05) is 18.2 Å². The van der Waals surface area contributed by atoms with E-state index in [1.54, 1.807) is 16.4 Å². The van der Waals surface area contributed by atoms with Gasteiger partial charge in [-0.15, -0.1) is 24.0 Å². The van der Waals surface area contributed by atoms with E-state index in [9.17, 15) is 8.42 Å². The first kappa shape index (κ1) is 28.1. The normalized spacial score (nSPS) is 16.0. The van der Waals surface area contributed by atoms with Gasteiger partial charge in [0.25, 0.3) is 0 Å². The Morgan fingerprint density at radius 1 is 1.10 bits per heavy atom. The van der Waals surface area contributed by atoms with Crippen LogP contribution in [0.15, 0.2) is 34.2 Å². The quantitative estimate of drug-likeness (QED) is 0.185. The number of rotatable bonds is 11. The van der Waals surface area contributed by atoms with Gasteiger partial charge < -0.3 is 20.3 Å². The fourth-order valence-corrected chi connectivity index (χ4v) is 4.88. The fourth-order valence-electron chi connectivity index (χ4n) is 3.24. The number of halogens is 1. The van der Waals surface area contributed by atoms with Gasteiger partial charge in [-0.2, -0.15) is 4.31 Å². The van der Waals surface area contributed by atoms with Gasteiger partial charge in [0.05, 0.1) is 11.4 Å². The van der Waals surface area contributed by atoms with Gasteiger partial charge in [0.1, 0.15) is 0 Å². The summed E-state index contributed by atoms with van der Waals surface area (Å²) < 4.78 is 33.3. The molecule has 0 radical (unpaired) electrons. The van der Waals surface area contributed by atoms with E-state index in [4.69, 9.17) is 4.74 Å². The molecule has 1 aliphatic heterocycles. The Morgan fingerprint density at radius 3 is 2.48 bits per heavy atom. The Kier molecular flexibility index (Phi) is 13.6. The van der Waals surface area contributed by atoms with Gasteiger partial charge in [0, 0.05) is 52.5 Å². The molecule has 178 valence electrons. The second kappa shape index (κ2) is 15.0. The van der Waals surface area contributed by atoms with Crippen molar-refractivity contribution in [1.29, 1.82) is 0 Å². The highest BCUT2D eigenvalue weighted by Crippen LogP contribution is 2.22. The van der Waals surface area contributed by atoms with Crippen LogP contribution in [0.3, 0.4) is 0 Å². The number of likely N-dealkylation sites (N-methyl/N-ethyl adjacent to an activating group) is 1. The first-order valence-electron chi connectivity index (χ1n) is 10.9. The number of hydrogen-bond acceptors (Lipinski definition) is 5. The third kappa shape index (κ3) is 9.21. The first-order chi connectivity index (χ1) is 14.5. The van der Waals surface area contributed by atoms with E-state index in [1.165, 1.54) is 0 Å². The lowest BCUT2D eigenvalue weighted by Gasteiger charge is -2.32. The molecule has 0 saturated carbocycles. The average Bonchev–Trinajstić information content (AvgIpc) is 2.75. The number of guanidine groups is 1. The SMILES string of the molecule is CCNC(=NCc1ccccc1S(=O)(=O)N1CCN(C)CC1)NCCCCOCC.I. The lowest BCUT2D eigenvalue weighted by molar-refractivity contribution is 0.143. The molecule has 2 rings (SSSR count). The van der Waals surface area contributed by atoms with E-state index in [-0.39, 0.29) is 24.0 Å². The Morgan fingerprint density at radius 2 is 1.81 bits per heavy atom. The van der Waals surface area contributed by atoms with Crippen LogP contribution >= 0.6 is 24.0 Å². The van der Waals surface area contributed by atoms with Crippen molar-refractivity contribution in [2.45, 2.75) is 38.1 Å². The van der Waals surface area contributed by atoms with Crippen molar-refractivity contribution in [3.8, 4) is 0 Å². The molecule has 8 nitrogen and oxygen atoms in total. The predicted molar refractivity (Wildman–Crippen MR) is 137 cm³/mol. The van der Waals surface area contributed by atoms with E-state index in [0.29, 0.717) is 36.1 Å². The third-order valence-electron chi connectivity index (χ3n) is 5.02. The molecule has 0 aliphatic carbocycles. The van der Waals surface area contributed by atoms with Gasteiger partial charge in [-0.25, -0.2) is 13.4 Å². The molecule has 1 aromatic rings. The van der Waals surface area contributed by atoms with Crippen molar-refractivity contribution < 1.29 is 13.2 Å². The van der Waals surface area contributed by atoms with Crippen LogP contribution in [0.1, 0.15) is 32.3 Å². The molecule has 1 aromatic carbocycles. The van der Waals surface area contributed by atoms with Crippen molar-refractivity contribution >= 4 is 40.0 Å². The number of nitrogens with one attached hydrogen (secondary N) is 2. The summed E-state index contributed by atoms with van der Waals surface area (Å²) in [7, 11) is -1.51. The zero-order valence-electron chi connectivity index (χ0n) is 19.0. The minimum Gasteiger partial charge on any atom is -0.382 e. The third-order valence-corrected chi connectivity index (χ3v) is 7.02. The van der Waals surface area contributed by atoms with Crippen molar-refractivity contribution in [3.63, 3.8) is 0 Å². The summed E-state index contributed by atoms with van der Waals surface area (Å²) in [6, 6.07) is 7.17. The van der Waals surface area contributed by atoms with Crippen LogP contribution in [0.2, 0.25) is 0 Å². The second-order valence-corrected chi connectivity index (χ2v) is 9.25. The number of sulfonamides is 1.